The van der Waals surface area contributed by atoms with Crippen molar-refractivity contribution in [1.82, 2.24) is 9.97 Å². The van der Waals surface area contributed by atoms with Gasteiger partial charge in [-0.05, 0) is 25.7 Å². The number of hydrogen-bond acceptors (Lipinski definition) is 5. The molecule has 0 aliphatic carbocycles. The molecule has 0 amide bonds. The molecule has 0 aliphatic heterocycles. The second-order valence-corrected chi connectivity index (χ2v) is 5.78. The minimum atomic E-state index is -0.771. The molecule has 3 N–H and O–H groups in total. The van der Waals surface area contributed by atoms with Crippen molar-refractivity contribution in [2.75, 3.05) is 24.2 Å². The van der Waals surface area contributed by atoms with Crippen LogP contribution in [0.2, 0.25) is 5.15 Å². The van der Waals surface area contributed by atoms with E-state index < -0.39 is 5.60 Å². The first-order valence-electron chi connectivity index (χ1n) is 6.50. The van der Waals surface area contributed by atoms with E-state index in [4.69, 9.17) is 11.6 Å². The van der Waals surface area contributed by atoms with Gasteiger partial charge in [-0.25, -0.2) is 9.97 Å². The lowest BCUT2D eigenvalue weighted by atomic mass is 9.95. The summed E-state index contributed by atoms with van der Waals surface area (Å²) in [6.07, 6.45) is 3.12. The highest BCUT2D eigenvalue weighted by Gasteiger charge is 2.21. The van der Waals surface area contributed by atoms with Crippen molar-refractivity contribution in [3.63, 3.8) is 0 Å². The topological polar surface area (TPSA) is 70.1 Å². The molecule has 1 unspecified atom stereocenters. The summed E-state index contributed by atoms with van der Waals surface area (Å²) in [4.78, 5) is 8.03. The van der Waals surface area contributed by atoms with Crippen LogP contribution in [-0.2, 0) is 0 Å². The Morgan fingerprint density at radius 3 is 2.68 bits per heavy atom. The lowest BCUT2D eigenvalue weighted by Crippen LogP contribution is -2.34. The zero-order valence-corrected chi connectivity index (χ0v) is 12.8. The zero-order valence-electron chi connectivity index (χ0n) is 12.0. The average molecular weight is 287 g/mol. The highest BCUT2D eigenvalue weighted by atomic mass is 35.5. The maximum Gasteiger partial charge on any atom is 0.157 e. The van der Waals surface area contributed by atoms with Gasteiger partial charge in [0, 0.05) is 13.6 Å². The Bertz CT molecular complexity index is 410. The van der Waals surface area contributed by atoms with E-state index in [-0.39, 0.29) is 0 Å². The third-order valence-corrected chi connectivity index (χ3v) is 3.23. The van der Waals surface area contributed by atoms with E-state index in [2.05, 4.69) is 34.4 Å². The van der Waals surface area contributed by atoms with Crippen molar-refractivity contribution in [2.45, 2.75) is 39.2 Å². The quantitative estimate of drug-likeness (QED) is 0.673. The third-order valence-electron chi connectivity index (χ3n) is 2.95. The number of rotatable bonds is 7. The van der Waals surface area contributed by atoms with Crippen molar-refractivity contribution in [3.05, 3.63) is 11.5 Å². The Labute approximate surface area is 119 Å². The van der Waals surface area contributed by atoms with Crippen LogP contribution in [0.3, 0.4) is 0 Å². The van der Waals surface area contributed by atoms with Crippen LogP contribution in [-0.4, -0.2) is 34.3 Å². The van der Waals surface area contributed by atoms with Gasteiger partial charge < -0.3 is 15.7 Å². The maximum absolute atomic E-state index is 10.3. The van der Waals surface area contributed by atoms with Gasteiger partial charge in [0.2, 0.25) is 0 Å². The van der Waals surface area contributed by atoms with Gasteiger partial charge in [-0.2, -0.15) is 0 Å². The van der Waals surface area contributed by atoms with Crippen molar-refractivity contribution in [1.29, 1.82) is 0 Å². The van der Waals surface area contributed by atoms with E-state index in [9.17, 15) is 5.11 Å². The number of anilines is 2. The molecule has 6 heteroatoms. The first kappa shape index (κ1) is 16.0. The molecule has 0 spiro atoms. The third kappa shape index (κ3) is 5.20. The van der Waals surface area contributed by atoms with Gasteiger partial charge in [0.15, 0.2) is 11.0 Å². The molecule has 5 nitrogen and oxygen atoms in total. The first-order chi connectivity index (χ1) is 8.85. The molecule has 1 rings (SSSR count). The monoisotopic (exact) mass is 286 g/mol. The molecular weight excluding hydrogens is 264 g/mol. The number of hydrogen-bond donors (Lipinski definition) is 3. The minimum absolute atomic E-state index is 0.363. The summed E-state index contributed by atoms with van der Waals surface area (Å²) in [5, 5.41) is 16.7. The maximum atomic E-state index is 10.3. The van der Waals surface area contributed by atoms with Crippen LogP contribution in [0.1, 0.15) is 33.6 Å². The van der Waals surface area contributed by atoms with Gasteiger partial charge >= 0.3 is 0 Å². The van der Waals surface area contributed by atoms with E-state index in [1.807, 2.05) is 6.92 Å². The fourth-order valence-electron chi connectivity index (χ4n) is 1.68. The standard InChI is InChI=1S/C13H23ClN4O/c1-9(2)5-6-13(3,19)7-16-12-10(15-4)11(14)17-8-18-12/h8-9,15,19H,5-7H2,1-4H3,(H,16,17,18). The van der Waals surface area contributed by atoms with Crippen LogP contribution in [0, 0.1) is 5.92 Å². The molecule has 1 aromatic heterocycles. The highest BCUT2D eigenvalue weighted by Crippen LogP contribution is 2.26. The predicted molar refractivity (Wildman–Crippen MR) is 79.8 cm³/mol. The van der Waals surface area contributed by atoms with Gasteiger partial charge in [0.05, 0.1) is 5.60 Å². The van der Waals surface area contributed by atoms with E-state index in [0.29, 0.717) is 29.1 Å². The van der Waals surface area contributed by atoms with E-state index in [1.54, 1.807) is 7.05 Å². The molecule has 19 heavy (non-hydrogen) atoms. The highest BCUT2D eigenvalue weighted by molar-refractivity contribution is 6.32. The predicted octanol–water partition coefficient (Wildman–Crippen LogP) is 2.77. The smallest absolute Gasteiger partial charge is 0.157 e. The molecule has 0 aliphatic rings. The normalized spacial score (nSPS) is 14.3. The molecule has 0 saturated heterocycles. The van der Waals surface area contributed by atoms with Crippen LogP contribution >= 0.6 is 11.6 Å². The number of nitrogens with zero attached hydrogens (tertiary/aromatic N) is 2. The van der Waals surface area contributed by atoms with E-state index in [1.165, 1.54) is 6.33 Å². The second kappa shape index (κ2) is 6.91. The van der Waals surface area contributed by atoms with Gasteiger partial charge in [-0.1, -0.05) is 25.4 Å². The first-order valence-corrected chi connectivity index (χ1v) is 6.88. The molecule has 108 valence electrons. The SMILES string of the molecule is CNc1c(Cl)ncnc1NCC(C)(O)CCC(C)C. The van der Waals surface area contributed by atoms with Gasteiger partial charge in [0.25, 0.3) is 0 Å². The van der Waals surface area contributed by atoms with E-state index >= 15 is 0 Å². The molecular formula is C13H23ClN4O. The van der Waals surface area contributed by atoms with E-state index in [0.717, 1.165) is 12.8 Å². The molecule has 0 fully saturated rings. The summed E-state index contributed by atoms with van der Waals surface area (Å²) in [5.74, 6) is 1.18. The summed E-state index contributed by atoms with van der Waals surface area (Å²) in [5.41, 5.74) is -0.129. The summed E-state index contributed by atoms with van der Waals surface area (Å²) >= 11 is 5.97. The molecule has 1 heterocycles. The number of aliphatic hydroxyl groups is 1. The lowest BCUT2D eigenvalue weighted by Gasteiger charge is -2.25. The summed E-state index contributed by atoms with van der Waals surface area (Å²) < 4.78 is 0. The van der Waals surface area contributed by atoms with Crippen molar-refractivity contribution < 1.29 is 5.11 Å². The van der Waals surface area contributed by atoms with Crippen LogP contribution < -0.4 is 10.6 Å². The Kier molecular flexibility index (Phi) is 5.82. The Morgan fingerprint density at radius 2 is 2.11 bits per heavy atom. The van der Waals surface area contributed by atoms with Gasteiger partial charge in [-0.3, -0.25) is 0 Å². The molecule has 0 bridgehead atoms. The van der Waals surface area contributed by atoms with Crippen LogP contribution in [0.15, 0.2) is 6.33 Å². The van der Waals surface area contributed by atoms with Crippen molar-refractivity contribution >= 4 is 23.1 Å². The van der Waals surface area contributed by atoms with Crippen LogP contribution in [0.4, 0.5) is 11.5 Å². The van der Waals surface area contributed by atoms with Crippen molar-refractivity contribution in [2.24, 2.45) is 5.92 Å². The van der Waals surface area contributed by atoms with Crippen LogP contribution in [0.25, 0.3) is 0 Å². The summed E-state index contributed by atoms with van der Waals surface area (Å²) in [6.45, 7) is 6.53. The molecule has 0 aromatic carbocycles. The second-order valence-electron chi connectivity index (χ2n) is 5.42. The largest absolute Gasteiger partial charge is 0.388 e. The minimum Gasteiger partial charge on any atom is -0.388 e. The Hall–Kier alpha value is -1.07. The fourth-order valence-corrected chi connectivity index (χ4v) is 1.91. The van der Waals surface area contributed by atoms with Gasteiger partial charge in [-0.15, -0.1) is 0 Å². The van der Waals surface area contributed by atoms with Crippen LogP contribution in [0.5, 0.6) is 0 Å². The Balaban J connectivity index is 2.63. The number of nitrogens with one attached hydrogen (secondary N) is 2. The molecule has 0 radical (unpaired) electrons. The number of halogens is 1. The average Bonchev–Trinajstić information content (AvgIpc) is 2.34. The Morgan fingerprint density at radius 1 is 1.42 bits per heavy atom. The number of aromatic nitrogens is 2. The zero-order chi connectivity index (χ0) is 14.5. The van der Waals surface area contributed by atoms with Gasteiger partial charge in [0.1, 0.15) is 12.0 Å². The summed E-state index contributed by atoms with van der Waals surface area (Å²) in [7, 11) is 1.76. The molecule has 0 saturated carbocycles. The van der Waals surface area contributed by atoms with Crippen molar-refractivity contribution in [3.8, 4) is 0 Å². The lowest BCUT2D eigenvalue weighted by molar-refractivity contribution is 0.0585. The molecule has 1 atom stereocenters. The fraction of sp³-hybridized carbons (Fsp3) is 0.692. The summed E-state index contributed by atoms with van der Waals surface area (Å²) in [6, 6.07) is 0. The molecule has 1 aromatic rings.